The van der Waals surface area contributed by atoms with Crippen molar-refractivity contribution < 1.29 is 4.79 Å². The van der Waals surface area contributed by atoms with Gasteiger partial charge < -0.3 is 9.80 Å². The van der Waals surface area contributed by atoms with E-state index in [9.17, 15) is 4.79 Å². The average Bonchev–Trinajstić information content (AvgIpc) is 2.67. The van der Waals surface area contributed by atoms with E-state index in [0.29, 0.717) is 5.56 Å². The van der Waals surface area contributed by atoms with Crippen molar-refractivity contribution >= 4 is 5.91 Å². The summed E-state index contributed by atoms with van der Waals surface area (Å²) < 4.78 is 0. The average molecular weight is 323 g/mol. The molecule has 0 radical (unpaired) electrons. The third-order valence-corrected chi connectivity index (χ3v) is 4.82. The molecule has 2 aromatic rings. The van der Waals surface area contributed by atoms with Crippen molar-refractivity contribution in [1.82, 2.24) is 14.8 Å². The van der Waals surface area contributed by atoms with E-state index >= 15 is 0 Å². The first-order valence-electron chi connectivity index (χ1n) is 8.67. The van der Waals surface area contributed by atoms with Crippen LogP contribution in [0.25, 0.3) is 0 Å². The lowest BCUT2D eigenvalue weighted by Crippen LogP contribution is -2.49. The van der Waals surface area contributed by atoms with Gasteiger partial charge in [-0.2, -0.15) is 0 Å². The van der Waals surface area contributed by atoms with E-state index in [1.165, 1.54) is 5.56 Å². The third-order valence-electron chi connectivity index (χ3n) is 4.82. The SMILES string of the molecule is CN(C(=O)c1cccnc1)[C@@H]1CCCN(CCc2ccccc2)C1. The van der Waals surface area contributed by atoms with Gasteiger partial charge in [-0.15, -0.1) is 0 Å². The highest BCUT2D eigenvalue weighted by molar-refractivity contribution is 5.93. The van der Waals surface area contributed by atoms with Gasteiger partial charge in [-0.25, -0.2) is 0 Å². The molecular weight excluding hydrogens is 298 g/mol. The highest BCUT2D eigenvalue weighted by Gasteiger charge is 2.26. The van der Waals surface area contributed by atoms with Crippen molar-refractivity contribution in [1.29, 1.82) is 0 Å². The molecule has 1 aliphatic rings. The molecule has 126 valence electrons. The van der Waals surface area contributed by atoms with Crippen LogP contribution in [0.5, 0.6) is 0 Å². The minimum Gasteiger partial charge on any atom is -0.337 e. The Morgan fingerprint density at radius 2 is 2.08 bits per heavy atom. The number of rotatable bonds is 5. The number of likely N-dealkylation sites (tertiary alicyclic amines) is 1. The van der Waals surface area contributed by atoms with Crippen molar-refractivity contribution in [2.45, 2.75) is 25.3 Å². The number of amides is 1. The number of piperidine rings is 1. The molecule has 24 heavy (non-hydrogen) atoms. The highest BCUT2D eigenvalue weighted by atomic mass is 16.2. The molecule has 1 aliphatic heterocycles. The quantitative estimate of drug-likeness (QED) is 0.849. The zero-order valence-corrected chi connectivity index (χ0v) is 14.3. The second-order valence-electron chi connectivity index (χ2n) is 6.49. The molecule has 0 spiro atoms. The maximum atomic E-state index is 12.6. The first kappa shape index (κ1) is 16.7. The number of aromatic nitrogens is 1. The van der Waals surface area contributed by atoms with Crippen LogP contribution in [-0.4, -0.2) is 53.4 Å². The number of carbonyl (C=O) groups is 1. The van der Waals surface area contributed by atoms with Crippen molar-refractivity contribution in [2.75, 3.05) is 26.7 Å². The fourth-order valence-corrected chi connectivity index (χ4v) is 3.34. The summed E-state index contributed by atoms with van der Waals surface area (Å²) in [6, 6.07) is 14.5. The molecule has 1 atom stereocenters. The monoisotopic (exact) mass is 323 g/mol. The van der Waals surface area contributed by atoms with Gasteiger partial charge >= 0.3 is 0 Å². The van der Waals surface area contributed by atoms with Gasteiger partial charge in [0, 0.05) is 38.6 Å². The zero-order valence-electron chi connectivity index (χ0n) is 14.3. The van der Waals surface area contributed by atoms with Gasteiger partial charge in [-0.1, -0.05) is 30.3 Å². The molecule has 0 saturated carbocycles. The summed E-state index contributed by atoms with van der Waals surface area (Å²) >= 11 is 0. The van der Waals surface area contributed by atoms with Crippen LogP contribution in [0.15, 0.2) is 54.9 Å². The number of carbonyl (C=O) groups excluding carboxylic acids is 1. The molecule has 1 saturated heterocycles. The number of hydrogen-bond acceptors (Lipinski definition) is 3. The van der Waals surface area contributed by atoms with Gasteiger partial charge in [-0.3, -0.25) is 9.78 Å². The predicted octanol–water partition coefficient (Wildman–Crippen LogP) is 2.86. The number of nitrogens with zero attached hydrogens (tertiary/aromatic N) is 3. The Morgan fingerprint density at radius 3 is 2.83 bits per heavy atom. The summed E-state index contributed by atoms with van der Waals surface area (Å²) in [5.74, 6) is 0.0676. The van der Waals surface area contributed by atoms with E-state index in [4.69, 9.17) is 0 Å². The van der Waals surface area contributed by atoms with Crippen LogP contribution in [0, 0.1) is 0 Å². The van der Waals surface area contributed by atoms with E-state index in [1.54, 1.807) is 12.4 Å². The van der Waals surface area contributed by atoms with E-state index in [1.807, 2.05) is 24.1 Å². The normalized spacial score (nSPS) is 18.3. The third kappa shape index (κ3) is 4.20. The summed E-state index contributed by atoms with van der Waals surface area (Å²) in [7, 11) is 1.92. The topological polar surface area (TPSA) is 36.4 Å². The van der Waals surface area contributed by atoms with Crippen molar-refractivity contribution in [3.63, 3.8) is 0 Å². The molecule has 1 amide bonds. The summed E-state index contributed by atoms with van der Waals surface area (Å²) in [6.45, 7) is 3.13. The zero-order chi connectivity index (χ0) is 16.8. The lowest BCUT2D eigenvalue weighted by molar-refractivity contribution is 0.0619. The van der Waals surface area contributed by atoms with Gasteiger partial charge in [0.05, 0.1) is 5.56 Å². The van der Waals surface area contributed by atoms with Gasteiger partial charge in [0.15, 0.2) is 0 Å². The molecule has 4 nitrogen and oxygen atoms in total. The highest BCUT2D eigenvalue weighted by Crippen LogP contribution is 2.17. The molecule has 1 fully saturated rings. The van der Waals surface area contributed by atoms with E-state index < -0.39 is 0 Å². The lowest BCUT2D eigenvalue weighted by atomic mass is 10.0. The maximum Gasteiger partial charge on any atom is 0.255 e. The fourth-order valence-electron chi connectivity index (χ4n) is 3.34. The van der Waals surface area contributed by atoms with Crippen molar-refractivity contribution in [2.24, 2.45) is 0 Å². The van der Waals surface area contributed by atoms with Gasteiger partial charge in [0.25, 0.3) is 5.91 Å². The van der Waals surface area contributed by atoms with Crippen LogP contribution in [0.3, 0.4) is 0 Å². The van der Waals surface area contributed by atoms with Crippen LogP contribution in [0.1, 0.15) is 28.8 Å². The maximum absolute atomic E-state index is 12.6. The van der Waals surface area contributed by atoms with Crippen LogP contribution in [0.4, 0.5) is 0 Å². The molecule has 1 aromatic heterocycles. The Bertz CT molecular complexity index is 644. The first-order chi connectivity index (χ1) is 11.7. The molecule has 4 heteroatoms. The van der Waals surface area contributed by atoms with Gasteiger partial charge in [0.2, 0.25) is 0 Å². The number of likely N-dealkylation sites (N-methyl/N-ethyl adjacent to an activating group) is 1. The van der Waals surface area contributed by atoms with E-state index in [2.05, 4.69) is 40.2 Å². The Balaban J connectivity index is 1.56. The van der Waals surface area contributed by atoms with Crippen LogP contribution >= 0.6 is 0 Å². The smallest absolute Gasteiger partial charge is 0.255 e. The number of pyridine rings is 1. The molecule has 0 unspecified atom stereocenters. The minimum absolute atomic E-state index is 0.0676. The Hall–Kier alpha value is -2.20. The lowest BCUT2D eigenvalue weighted by Gasteiger charge is -2.37. The Kier molecular flexibility index (Phi) is 5.59. The summed E-state index contributed by atoms with van der Waals surface area (Å²) in [4.78, 5) is 21.0. The molecule has 0 N–H and O–H groups in total. The fraction of sp³-hybridized carbons (Fsp3) is 0.400. The second-order valence-corrected chi connectivity index (χ2v) is 6.49. The van der Waals surface area contributed by atoms with Crippen LogP contribution in [-0.2, 0) is 6.42 Å². The van der Waals surface area contributed by atoms with Crippen LogP contribution in [0.2, 0.25) is 0 Å². The Labute approximate surface area is 144 Å². The molecule has 2 heterocycles. The number of benzene rings is 1. The second kappa shape index (κ2) is 8.06. The summed E-state index contributed by atoms with van der Waals surface area (Å²) in [6.07, 6.45) is 6.62. The number of hydrogen-bond donors (Lipinski definition) is 0. The largest absolute Gasteiger partial charge is 0.337 e. The molecular formula is C20H25N3O. The molecule has 3 rings (SSSR count). The van der Waals surface area contributed by atoms with Crippen LogP contribution < -0.4 is 0 Å². The standard InChI is InChI=1S/C20H25N3O/c1-22(20(24)18-9-5-12-21-15-18)19-10-6-13-23(16-19)14-11-17-7-3-2-4-8-17/h2-5,7-9,12,15,19H,6,10-11,13-14,16H2,1H3/t19-/m1/s1. The van der Waals surface area contributed by atoms with Crippen molar-refractivity contribution in [3.8, 4) is 0 Å². The predicted molar refractivity (Wildman–Crippen MR) is 95.9 cm³/mol. The van der Waals surface area contributed by atoms with Gasteiger partial charge in [-0.05, 0) is 43.5 Å². The summed E-state index contributed by atoms with van der Waals surface area (Å²) in [5.41, 5.74) is 2.04. The van der Waals surface area contributed by atoms with Gasteiger partial charge in [0.1, 0.15) is 0 Å². The molecule has 0 bridgehead atoms. The first-order valence-corrected chi connectivity index (χ1v) is 8.67. The van der Waals surface area contributed by atoms with Crippen molar-refractivity contribution in [3.05, 3.63) is 66.0 Å². The van der Waals surface area contributed by atoms with E-state index in [0.717, 1.165) is 38.9 Å². The molecule has 1 aromatic carbocycles. The van der Waals surface area contributed by atoms with E-state index in [-0.39, 0.29) is 11.9 Å². The minimum atomic E-state index is 0.0676. The molecule has 0 aliphatic carbocycles. The summed E-state index contributed by atoms with van der Waals surface area (Å²) in [5, 5.41) is 0. The Morgan fingerprint density at radius 1 is 1.25 bits per heavy atom.